The Morgan fingerprint density at radius 2 is 1.52 bits per heavy atom. The minimum absolute atomic E-state index is 0.503. The summed E-state index contributed by atoms with van der Waals surface area (Å²) >= 11 is 12.6. The van der Waals surface area contributed by atoms with Gasteiger partial charge in [-0.05, 0) is 34.7 Å². The molecule has 21 heavy (non-hydrogen) atoms. The third kappa shape index (κ3) is 2.61. The molecular formula is C17H10Cl2F2. The molecule has 0 aliphatic heterocycles. The zero-order chi connectivity index (χ0) is 15.0. The Bertz CT molecular complexity index is 815. The maximum absolute atomic E-state index is 13.4. The van der Waals surface area contributed by atoms with E-state index in [9.17, 15) is 8.78 Å². The Morgan fingerprint density at radius 3 is 2.24 bits per heavy atom. The van der Waals surface area contributed by atoms with Crippen molar-refractivity contribution in [3.8, 4) is 0 Å². The molecule has 0 nitrogen and oxygen atoms in total. The van der Waals surface area contributed by atoms with E-state index in [0.29, 0.717) is 10.6 Å². The van der Waals surface area contributed by atoms with Crippen molar-refractivity contribution < 1.29 is 8.78 Å². The first-order chi connectivity index (χ1) is 10.1. The lowest BCUT2D eigenvalue weighted by molar-refractivity contribution is 0.507. The van der Waals surface area contributed by atoms with Gasteiger partial charge in [0.25, 0.3) is 0 Å². The van der Waals surface area contributed by atoms with Crippen molar-refractivity contribution in [2.75, 3.05) is 0 Å². The van der Waals surface area contributed by atoms with Crippen LogP contribution in [0.4, 0.5) is 8.78 Å². The van der Waals surface area contributed by atoms with Gasteiger partial charge in [0.1, 0.15) is 0 Å². The van der Waals surface area contributed by atoms with Crippen molar-refractivity contribution in [1.82, 2.24) is 0 Å². The van der Waals surface area contributed by atoms with E-state index in [2.05, 4.69) is 0 Å². The molecule has 3 rings (SSSR count). The molecule has 0 heterocycles. The fourth-order valence-corrected chi connectivity index (χ4v) is 2.91. The second-order valence-corrected chi connectivity index (χ2v) is 5.56. The summed E-state index contributed by atoms with van der Waals surface area (Å²) in [6, 6.07) is 14.8. The summed E-state index contributed by atoms with van der Waals surface area (Å²) in [7, 11) is 0. The third-order valence-electron chi connectivity index (χ3n) is 3.41. The van der Waals surface area contributed by atoms with E-state index < -0.39 is 17.0 Å². The van der Waals surface area contributed by atoms with Gasteiger partial charge in [-0.2, -0.15) is 0 Å². The Morgan fingerprint density at radius 1 is 0.810 bits per heavy atom. The van der Waals surface area contributed by atoms with Gasteiger partial charge in [-0.1, -0.05) is 48.0 Å². The molecule has 0 N–H and O–H groups in total. The molecule has 1 atom stereocenters. The normalized spacial score (nSPS) is 12.6. The second-order valence-electron chi connectivity index (χ2n) is 4.72. The minimum Gasteiger partial charge on any atom is -0.204 e. The largest absolute Gasteiger partial charge is 0.204 e. The van der Waals surface area contributed by atoms with Gasteiger partial charge in [0.15, 0.2) is 11.6 Å². The van der Waals surface area contributed by atoms with Crippen molar-refractivity contribution in [2.45, 2.75) is 5.38 Å². The van der Waals surface area contributed by atoms with Crippen molar-refractivity contribution in [3.05, 3.63) is 82.4 Å². The van der Waals surface area contributed by atoms with Gasteiger partial charge in [-0.15, -0.1) is 11.6 Å². The standard InChI is InChI=1S/C17H10Cl2F2/c18-14-7-6-13(11-3-1-2-4-12(11)14)17(19)10-5-8-15(20)16(21)9-10/h1-9,17H. The van der Waals surface area contributed by atoms with Crippen LogP contribution in [0.2, 0.25) is 5.02 Å². The fourth-order valence-electron chi connectivity index (χ4n) is 2.36. The van der Waals surface area contributed by atoms with Crippen LogP contribution < -0.4 is 0 Å². The molecule has 3 aromatic carbocycles. The number of rotatable bonds is 2. The number of halogens is 4. The zero-order valence-electron chi connectivity index (χ0n) is 10.8. The molecule has 0 aliphatic carbocycles. The third-order valence-corrected chi connectivity index (χ3v) is 4.23. The average molecular weight is 323 g/mol. The molecule has 0 fully saturated rings. The van der Waals surface area contributed by atoms with Gasteiger partial charge >= 0.3 is 0 Å². The smallest absolute Gasteiger partial charge is 0.159 e. The Kier molecular flexibility index (Phi) is 3.83. The highest BCUT2D eigenvalue weighted by molar-refractivity contribution is 6.36. The molecule has 0 aliphatic rings. The molecule has 0 aromatic heterocycles. The average Bonchev–Trinajstić information content (AvgIpc) is 2.50. The SMILES string of the molecule is Fc1ccc(C(Cl)c2ccc(Cl)c3ccccc23)cc1F. The first kappa shape index (κ1) is 14.3. The predicted octanol–water partition coefficient (Wildman–Crippen LogP) is 6.10. The number of hydrogen-bond acceptors (Lipinski definition) is 0. The fraction of sp³-hybridized carbons (Fsp3) is 0.0588. The molecule has 0 spiro atoms. The van der Waals surface area contributed by atoms with E-state index in [4.69, 9.17) is 23.2 Å². The van der Waals surface area contributed by atoms with Crippen LogP contribution in [0.5, 0.6) is 0 Å². The van der Waals surface area contributed by atoms with E-state index in [1.807, 2.05) is 30.3 Å². The van der Waals surface area contributed by atoms with Gasteiger partial charge in [-0.3, -0.25) is 0 Å². The first-order valence-corrected chi connectivity index (χ1v) is 7.15. The van der Waals surface area contributed by atoms with Crippen LogP contribution in [0.1, 0.15) is 16.5 Å². The zero-order valence-corrected chi connectivity index (χ0v) is 12.3. The molecule has 106 valence electrons. The van der Waals surface area contributed by atoms with E-state index in [1.165, 1.54) is 6.07 Å². The second kappa shape index (κ2) is 5.63. The highest BCUT2D eigenvalue weighted by Gasteiger charge is 2.16. The summed E-state index contributed by atoms with van der Waals surface area (Å²) < 4.78 is 26.4. The molecule has 0 radical (unpaired) electrons. The Balaban J connectivity index is 2.15. The molecule has 1 unspecified atom stereocenters. The lowest BCUT2D eigenvalue weighted by Gasteiger charge is -2.14. The maximum Gasteiger partial charge on any atom is 0.159 e. The van der Waals surface area contributed by atoms with Crippen molar-refractivity contribution >= 4 is 34.0 Å². The molecule has 0 amide bonds. The minimum atomic E-state index is -0.906. The maximum atomic E-state index is 13.4. The molecule has 0 saturated carbocycles. The molecule has 4 heteroatoms. The van der Waals surface area contributed by atoms with E-state index in [0.717, 1.165) is 28.5 Å². The van der Waals surface area contributed by atoms with E-state index >= 15 is 0 Å². The summed E-state index contributed by atoms with van der Waals surface area (Å²) in [5.74, 6) is -1.79. The number of hydrogen-bond donors (Lipinski definition) is 0. The van der Waals surface area contributed by atoms with Crippen LogP contribution in [0.3, 0.4) is 0 Å². The van der Waals surface area contributed by atoms with Crippen molar-refractivity contribution in [1.29, 1.82) is 0 Å². The Hall–Kier alpha value is -1.64. The molecule has 3 aromatic rings. The van der Waals surface area contributed by atoms with Crippen LogP contribution in [0.15, 0.2) is 54.6 Å². The highest BCUT2D eigenvalue weighted by Crippen LogP contribution is 2.36. The van der Waals surface area contributed by atoms with Crippen LogP contribution in [0, 0.1) is 11.6 Å². The quantitative estimate of drug-likeness (QED) is 0.500. The van der Waals surface area contributed by atoms with Gasteiger partial charge < -0.3 is 0 Å². The lowest BCUT2D eigenvalue weighted by Crippen LogP contribution is -1.97. The molecule has 0 bridgehead atoms. The van der Waals surface area contributed by atoms with Gasteiger partial charge in [0, 0.05) is 10.4 Å². The predicted molar refractivity (Wildman–Crippen MR) is 83.0 cm³/mol. The summed E-state index contributed by atoms with van der Waals surface area (Å²) in [5.41, 5.74) is 1.31. The van der Waals surface area contributed by atoms with Gasteiger partial charge in [0.05, 0.1) is 5.38 Å². The van der Waals surface area contributed by atoms with Crippen LogP contribution >= 0.6 is 23.2 Å². The monoisotopic (exact) mass is 322 g/mol. The number of benzene rings is 3. The summed E-state index contributed by atoms with van der Waals surface area (Å²) in [4.78, 5) is 0. The van der Waals surface area contributed by atoms with E-state index in [-0.39, 0.29) is 0 Å². The topological polar surface area (TPSA) is 0 Å². The van der Waals surface area contributed by atoms with Crippen LogP contribution in [-0.2, 0) is 0 Å². The number of alkyl halides is 1. The van der Waals surface area contributed by atoms with Crippen LogP contribution in [0.25, 0.3) is 10.8 Å². The molecular weight excluding hydrogens is 313 g/mol. The summed E-state index contributed by atoms with van der Waals surface area (Å²) in [6.45, 7) is 0. The van der Waals surface area contributed by atoms with Crippen molar-refractivity contribution in [3.63, 3.8) is 0 Å². The molecule has 0 saturated heterocycles. The van der Waals surface area contributed by atoms with Gasteiger partial charge in [0.2, 0.25) is 0 Å². The van der Waals surface area contributed by atoms with Gasteiger partial charge in [-0.25, -0.2) is 8.78 Å². The van der Waals surface area contributed by atoms with Crippen molar-refractivity contribution in [2.24, 2.45) is 0 Å². The summed E-state index contributed by atoms with van der Waals surface area (Å²) in [5, 5.41) is 1.82. The summed E-state index contributed by atoms with van der Waals surface area (Å²) in [6.07, 6.45) is 0. The lowest BCUT2D eigenvalue weighted by atomic mass is 9.98. The highest BCUT2D eigenvalue weighted by atomic mass is 35.5. The first-order valence-electron chi connectivity index (χ1n) is 6.34. The number of fused-ring (bicyclic) bond motifs is 1. The van der Waals surface area contributed by atoms with Crippen LogP contribution in [-0.4, -0.2) is 0 Å². The van der Waals surface area contributed by atoms with E-state index in [1.54, 1.807) is 6.07 Å². The Labute approximate surface area is 130 Å².